The van der Waals surface area contributed by atoms with Gasteiger partial charge in [-0.25, -0.2) is 4.98 Å². The third-order valence-corrected chi connectivity index (χ3v) is 4.61. The number of aryl methyl sites for hydroxylation is 1. The summed E-state index contributed by atoms with van der Waals surface area (Å²) in [5.74, 6) is 1.14. The van der Waals surface area contributed by atoms with E-state index in [2.05, 4.69) is 48.1 Å². The van der Waals surface area contributed by atoms with Crippen LogP contribution in [0.2, 0.25) is 0 Å². The maximum atomic E-state index is 12.7. The summed E-state index contributed by atoms with van der Waals surface area (Å²) >= 11 is 0. The Balaban J connectivity index is 1.70. The molecule has 0 spiro atoms. The van der Waals surface area contributed by atoms with E-state index in [-0.39, 0.29) is 11.9 Å². The van der Waals surface area contributed by atoms with E-state index in [1.54, 1.807) is 6.20 Å². The molecule has 1 atom stereocenters. The molecule has 2 heterocycles. The molecule has 1 saturated heterocycles. The van der Waals surface area contributed by atoms with Crippen molar-refractivity contribution in [1.29, 1.82) is 0 Å². The first kappa shape index (κ1) is 15.7. The molecule has 0 radical (unpaired) electrons. The number of nitrogens with zero attached hydrogens (tertiary/aromatic N) is 4. The third kappa shape index (κ3) is 3.45. The van der Waals surface area contributed by atoms with Crippen LogP contribution < -0.4 is 0 Å². The summed E-state index contributed by atoms with van der Waals surface area (Å²) in [7, 11) is 2.13. The fourth-order valence-electron chi connectivity index (χ4n) is 3.18. The van der Waals surface area contributed by atoms with Crippen molar-refractivity contribution < 1.29 is 4.79 Å². The van der Waals surface area contributed by atoms with Gasteiger partial charge in [0.15, 0.2) is 0 Å². The van der Waals surface area contributed by atoms with Crippen LogP contribution in [0.15, 0.2) is 42.7 Å². The molecule has 1 aromatic carbocycles. The Bertz CT molecular complexity index is 652. The van der Waals surface area contributed by atoms with Gasteiger partial charge in [0.05, 0.1) is 6.04 Å². The van der Waals surface area contributed by atoms with Crippen LogP contribution in [0, 0.1) is 0 Å². The second kappa shape index (κ2) is 6.96. The van der Waals surface area contributed by atoms with Crippen molar-refractivity contribution in [3.05, 3.63) is 54.1 Å². The van der Waals surface area contributed by atoms with Gasteiger partial charge in [0, 0.05) is 38.4 Å². The Kier molecular flexibility index (Phi) is 4.76. The molecule has 122 valence electrons. The number of hydrogen-bond donors (Lipinski definition) is 0. The minimum Gasteiger partial charge on any atom is -0.338 e. The molecular formula is C18H24N4O. The number of likely N-dealkylation sites (N-methyl/N-ethyl adjacent to an activating group) is 1. The van der Waals surface area contributed by atoms with Crippen LogP contribution in [0.1, 0.15) is 24.4 Å². The van der Waals surface area contributed by atoms with Crippen molar-refractivity contribution in [3.63, 3.8) is 0 Å². The van der Waals surface area contributed by atoms with Crippen LogP contribution in [0.3, 0.4) is 0 Å². The lowest BCUT2D eigenvalue weighted by atomic mass is 10.0. The molecule has 0 N–H and O–H groups in total. The molecule has 1 aliphatic heterocycles. The standard InChI is InChI=1S/C18H24N4O/c1-3-17-19-9-10-21(17)14-18(23)22-12-11-20(2)16(13-22)15-7-5-4-6-8-15/h4-10,16H,3,11-14H2,1-2H3/t16-/m0/s1. The summed E-state index contributed by atoms with van der Waals surface area (Å²) in [5.41, 5.74) is 1.27. The van der Waals surface area contributed by atoms with Crippen LogP contribution in [0.5, 0.6) is 0 Å². The van der Waals surface area contributed by atoms with Crippen molar-refractivity contribution in [2.24, 2.45) is 0 Å². The largest absolute Gasteiger partial charge is 0.338 e. The van der Waals surface area contributed by atoms with E-state index in [0.29, 0.717) is 6.54 Å². The third-order valence-electron chi connectivity index (χ3n) is 4.61. The summed E-state index contributed by atoms with van der Waals surface area (Å²) < 4.78 is 1.96. The average molecular weight is 312 g/mol. The Morgan fingerprint density at radius 3 is 2.78 bits per heavy atom. The van der Waals surface area contributed by atoms with Crippen LogP contribution in [-0.2, 0) is 17.8 Å². The average Bonchev–Trinajstić information content (AvgIpc) is 3.03. The molecule has 0 saturated carbocycles. The SMILES string of the molecule is CCc1nccn1CC(=O)N1CCN(C)[C@H](c2ccccc2)C1. The van der Waals surface area contributed by atoms with Crippen molar-refractivity contribution in [2.45, 2.75) is 25.9 Å². The quantitative estimate of drug-likeness (QED) is 0.866. The fourth-order valence-corrected chi connectivity index (χ4v) is 3.18. The van der Waals surface area contributed by atoms with Crippen molar-refractivity contribution in [3.8, 4) is 0 Å². The molecule has 0 aliphatic carbocycles. The highest BCUT2D eigenvalue weighted by atomic mass is 16.2. The van der Waals surface area contributed by atoms with E-state index >= 15 is 0 Å². The van der Waals surface area contributed by atoms with E-state index in [4.69, 9.17) is 0 Å². The molecule has 5 heteroatoms. The topological polar surface area (TPSA) is 41.4 Å². The van der Waals surface area contributed by atoms with E-state index < -0.39 is 0 Å². The number of rotatable bonds is 4. The van der Waals surface area contributed by atoms with E-state index in [1.807, 2.05) is 21.7 Å². The summed E-state index contributed by atoms with van der Waals surface area (Å²) in [4.78, 5) is 21.3. The van der Waals surface area contributed by atoms with Gasteiger partial charge in [-0.1, -0.05) is 37.3 Å². The van der Waals surface area contributed by atoms with E-state index in [1.165, 1.54) is 5.56 Å². The second-order valence-corrected chi connectivity index (χ2v) is 6.07. The first-order valence-corrected chi connectivity index (χ1v) is 8.22. The highest BCUT2D eigenvalue weighted by Crippen LogP contribution is 2.24. The number of carbonyl (C=O) groups is 1. The normalized spacial score (nSPS) is 19.0. The molecule has 0 bridgehead atoms. The molecule has 1 aromatic heterocycles. The zero-order valence-corrected chi connectivity index (χ0v) is 13.9. The lowest BCUT2D eigenvalue weighted by Crippen LogP contribution is -2.49. The zero-order chi connectivity index (χ0) is 16.2. The van der Waals surface area contributed by atoms with Crippen molar-refractivity contribution >= 4 is 5.91 Å². The molecule has 0 unspecified atom stereocenters. The highest BCUT2D eigenvalue weighted by Gasteiger charge is 2.28. The Hall–Kier alpha value is -2.14. The molecule has 1 aliphatic rings. The van der Waals surface area contributed by atoms with E-state index in [0.717, 1.165) is 31.9 Å². The molecule has 5 nitrogen and oxygen atoms in total. The van der Waals surface area contributed by atoms with E-state index in [9.17, 15) is 4.79 Å². The maximum absolute atomic E-state index is 12.7. The number of carbonyl (C=O) groups excluding carboxylic acids is 1. The second-order valence-electron chi connectivity index (χ2n) is 6.07. The molecule has 1 fully saturated rings. The minimum atomic E-state index is 0.173. The summed E-state index contributed by atoms with van der Waals surface area (Å²) in [6.07, 6.45) is 4.50. The van der Waals surface area contributed by atoms with Crippen LogP contribution in [-0.4, -0.2) is 51.9 Å². The number of piperazine rings is 1. The zero-order valence-electron chi connectivity index (χ0n) is 13.9. The summed E-state index contributed by atoms with van der Waals surface area (Å²) in [6.45, 7) is 4.87. The van der Waals surface area contributed by atoms with Gasteiger partial charge in [0.1, 0.15) is 12.4 Å². The van der Waals surface area contributed by atoms with Crippen molar-refractivity contribution in [2.75, 3.05) is 26.7 Å². The Morgan fingerprint density at radius 1 is 1.26 bits per heavy atom. The van der Waals surface area contributed by atoms with Crippen LogP contribution in [0.4, 0.5) is 0 Å². The lowest BCUT2D eigenvalue weighted by molar-refractivity contribution is -0.134. The summed E-state index contributed by atoms with van der Waals surface area (Å²) in [6, 6.07) is 10.7. The van der Waals surface area contributed by atoms with Crippen molar-refractivity contribution in [1.82, 2.24) is 19.4 Å². The molecular weight excluding hydrogens is 288 g/mol. The predicted molar refractivity (Wildman–Crippen MR) is 90.0 cm³/mol. The monoisotopic (exact) mass is 312 g/mol. The van der Waals surface area contributed by atoms with Gasteiger partial charge >= 0.3 is 0 Å². The van der Waals surface area contributed by atoms with Crippen LogP contribution in [0.25, 0.3) is 0 Å². The van der Waals surface area contributed by atoms with Gasteiger partial charge < -0.3 is 9.47 Å². The Morgan fingerprint density at radius 2 is 2.04 bits per heavy atom. The fraction of sp³-hybridized carbons (Fsp3) is 0.444. The minimum absolute atomic E-state index is 0.173. The maximum Gasteiger partial charge on any atom is 0.242 e. The van der Waals surface area contributed by atoms with Gasteiger partial charge in [-0.15, -0.1) is 0 Å². The molecule has 2 aromatic rings. The molecule has 1 amide bonds. The first-order chi connectivity index (χ1) is 11.2. The molecule has 23 heavy (non-hydrogen) atoms. The lowest BCUT2D eigenvalue weighted by Gasteiger charge is -2.39. The first-order valence-electron chi connectivity index (χ1n) is 8.22. The Labute approximate surface area is 137 Å². The number of hydrogen-bond acceptors (Lipinski definition) is 3. The van der Waals surface area contributed by atoms with Gasteiger partial charge in [-0.2, -0.15) is 0 Å². The summed E-state index contributed by atoms with van der Waals surface area (Å²) in [5, 5.41) is 0. The number of benzene rings is 1. The van der Waals surface area contributed by atoms with Gasteiger partial charge in [0.25, 0.3) is 0 Å². The predicted octanol–water partition coefficient (Wildman–Crippen LogP) is 1.96. The van der Waals surface area contributed by atoms with Gasteiger partial charge in [-0.05, 0) is 12.6 Å². The number of amides is 1. The number of aromatic nitrogens is 2. The van der Waals surface area contributed by atoms with Crippen LogP contribution >= 0.6 is 0 Å². The highest BCUT2D eigenvalue weighted by molar-refractivity contribution is 5.76. The number of imidazole rings is 1. The van der Waals surface area contributed by atoms with Gasteiger partial charge in [0.2, 0.25) is 5.91 Å². The van der Waals surface area contributed by atoms with Gasteiger partial charge in [-0.3, -0.25) is 9.69 Å². The molecule has 3 rings (SSSR count). The smallest absolute Gasteiger partial charge is 0.242 e.